The second-order valence-corrected chi connectivity index (χ2v) is 5.21. The first-order valence-corrected chi connectivity index (χ1v) is 7.07. The van der Waals surface area contributed by atoms with Crippen molar-refractivity contribution in [2.75, 3.05) is 7.11 Å². The number of benzene rings is 1. The van der Waals surface area contributed by atoms with E-state index in [1.54, 1.807) is 26.2 Å². The van der Waals surface area contributed by atoms with Crippen molar-refractivity contribution in [3.8, 4) is 5.75 Å². The number of aliphatic carboxylic acids is 1. The molecular formula is C16H23NO4. The van der Waals surface area contributed by atoms with Crippen LogP contribution in [0.15, 0.2) is 24.3 Å². The Morgan fingerprint density at radius 3 is 2.24 bits per heavy atom. The Morgan fingerprint density at radius 1 is 1.29 bits per heavy atom. The van der Waals surface area contributed by atoms with Gasteiger partial charge in [0.05, 0.1) is 13.0 Å². The molecule has 1 aromatic rings. The fraction of sp³-hybridized carbons (Fsp3) is 0.500. The number of hydrogen-bond acceptors (Lipinski definition) is 3. The van der Waals surface area contributed by atoms with Gasteiger partial charge in [-0.25, -0.2) is 4.79 Å². The van der Waals surface area contributed by atoms with Crippen LogP contribution in [0.1, 0.15) is 45.1 Å². The molecule has 0 heterocycles. The molecule has 21 heavy (non-hydrogen) atoms. The van der Waals surface area contributed by atoms with Crippen molar-refractivity contribution in [2.45, 2.75) is 45.1 Å². The van der Waals surface area contributed by atoms with E-state index in [2.05, 4.69) is 5.32 Å². The van der Waals surface area contributed by atoms with Gasteiger partial charge in [0, 0.05) is 0 Å². The summed E-state index contributed by atoms with van der Waals surface area (Å²) in [5.74, 6) is -0.948. The SMILES string of the molecule is CCC(C(=O)NC(C)(CC)C(=O)O)c1ccc(OC)cc1. The Hall–Kier alpha value is -2.04. The van der Waals surface area contributed by atoms with E-state index in [0.29, 0.717) is 12.8 Å². The summed E-state index contributed by atoms with van der Waals surface area (Å²) < 4.78 is 5.09. The molecule has 0 saturated carbocycles. The number of nitrogens with one attached hydrogen (secondary N) is 1. The lowest BCUT2D eigenvalue weighted by atomic mass is 9.92. The van der Waals surface area contributed by atoms with Crippen LogP contribution in [0.25, 0.3) is 0 Å². The molecule has 2 N–H and O–H groups in total. The first kappa shape index (κ1) is 17.0. The highest BCUT2D eigenvalue weighted by Crippen LogP contribution is 2.24. The van der Waals surface area contributed by atoms with Crippen molar-refractivity contribution in [3.05, 3.63) is 29.8 Å². The van der Waals surface area contributed by atoms with Crippen molar-refractivity contribution >= 4 is 11.9 Å². The van der Waals surface area contributed by atoms with E-state index in [9.17, 15) is 14.7 Å². The Bertz CT molecular complexity index is 498. The zero-order valence-corrected chi connectivity index (χ0v) is 13.0. The van der Waals surface area contributed by atoms with Gasteiger partial charge in [0.2, 0.25) is 5.91 Å². The highest BCUT2D eigenvalue weighted by atomic mass is 16.5. The fourth-order valence-electron chi connectivity index (χ4n) is 2.06. The maximum Gasteiger partial charge on any atom is 0.329 e. The number of hydrogen-bond donors (Lipinski definition) is 2. The lowest BCUT2D eigenvalue weighted by Gasteiger charge is -2.27. The molecule has 0 spiro atoms. The Labute approximate surface area is 125 Å². The minimum Gasteiger partial charge on any atom is -0.497 e. The van der Waals surface area contributed by atoms with Crippen LogP contribution in [-0.4, -0.2) is 29.6 Å². The maximum atomic E-state index is 12.4. The summed E-state index contributed by atoms with van der Waals surface area (Å²) >= 11 is 0. The third kappa shape index (κ3) is 3.97. The summed E-state index contributed by atoms with van der Waals surface area (Å²) in [6, 6.07) is 7.25. The predicted octanol–water partition coefficient (Wildman–Crippen LogP) is 2.56. The monoisotopic (exact) mass is 293 g/mol. The van der Waals surface area contributed by atoms with E-state index in [4.69, 9.17) is 4.74 Å². The van der Waals surface area contributed by atoms with Gasteiger partial charge in [-0.1, -0.05) is 26.0 Å². The van der Waals surface area contributed by atoms with E-state index in [-0.39, 0.29) is 11.8 Å². The van der Waals surface area contributed by atoms with Gasteiger partial charge >= 0.3 is 5.97 Å². The number of carboxylic acids is 1. The number of carbonyl (C=O) groups is 2. The van der Waals surface area contributed by atoms with E-state index in [1.165, 1.54) is 6.92 Å². The van der Waals surface area contributed by atoms with Crippen molar-refractivity contribution in [2.24, 2.45) is 0 Å². The van der Waals surface area contributed by atoms with Crippen LogP contribution in [0.2, 0.25) is 0 Å². The highest BCUT2D eigenvalue weighted by molar-refractivity contribution is 5.90. The fourth-order valence-corrected chi connectivity index (χ4v) is 2.06. The molecule has 0 radical (unpaired) electrons. The van der Waals surface area contributed by atoms with Crippen molar-refractivity contribution in [1.82, 2.24) is 5.32 Å². The van der Waals surface area contributed by atoms with E-state index < -0.39 is 11.5 Å². The largest absolute Gasteiger partial charge is 0.497 e. The standard InChI is InChI=1S/C16H23NO4/c1-5-13(11-7-9-12(21-4)10-8-11)14(18)17-16(3,6-2)15(19)20/h7-10,13H,5-6H2,1-4H3,(H,17,18)(H,19,20). The summed E-state index contributed by atoms with van der Waals surface area (Å²) in [5, 5.41) is 11.9. The minimum atomic E-state index is -1.24. The number of carboxylic acid groups (broad SMARTS) is 1. The van der Waals surface area contributed by atoms with Gasteiger partial charge in [-0.15, -0.1) is 0 Å². The minimum absolute atomic E-state index is 0.269. The van der Waals surface area contributed by atoms with Gasteiger partial charge in [-0.05, 0) is 37.5 Å². The van der Waals surface area contributed by atoms with Gasteiger partial charge in [0.15, 0.2) is 0 Å². The lowest BCUT2D eigenvalue weighted by Crippen LogP contribution is -2.53. The lowest BCUT2D eigenvalue weighted by molar-refractivity contribution is -0.147. The van der Waals surface area contributed by atoms with Gasteiger partial charge < -0.3 is 15.2 Å². The van der Waals surface area contributed by atoms with Gasteiger partial charge in [-0.3, -0.25) is 4.79 Å². The number of carbonyl (C=O) groups excluding carboxylic acids is 1. The summed E-state index contributed by atoms with van der Waals surface area (Å²) in [6.45, 7) is 5.16. The number of methoxy groups -OCH3 is 1. The average molecular weight is 293 g/mol. The molecule has 0 fully saturated rings. The summed E-state index contributed by atoms with van der Waals surface area (Å²) in [5.41, 5.74) is -0.392. The zero-order chi connectivity index (χ0) is 16.0. The van der Waals surface area contributed by atoms with Crippen molar-refractivity contribution in [1.29, 1.82) is 0 Å². The Balaban J connectivity index is 2.93. The number of amides is 1. The molecule has 5 nitrogen and oxygen atoms in total. The predicted molar refractivity (Wildman–Crippen MR) is 80.5 cm³/mol. The van der Waals surface area contributed by atoms with Gasteiger partial charge in [-0.2, -0.15) is 0 Å². The molecule has 116 valence electrons. The molecule has 1 aromatic carbocycles. The van der Waals surface area contributed by atoms with Crippen LogP contribution < -0.4 is 10.1 Å². The third-order valence-electron chi connectivity index (χ3n) is 3.82. The molecule has 0 saturated heterocycles. The molecule has 0 aliphatic carbocycles. The number of ether oxygens (including phenoxy) is 1. The molecule has 2 atom stereocenters. The molecule has 0 aliphatic rings. The van der Waals surface area contributed by atoms with Crippen LogP contribution in [0.3, 0.4) is 0 Å². The van der Waals surface area contributed by atoms with E-state index >= 15 is 0 Å². The van der Waals surface area contributed by atoms with Crippen molar-refractivity contribution < 1.29 is 19.4 Å². The van der Waals surface area contributed by atoms with E-state index in [1.807, 2.05) is 19.1 Å². The Morgan fingerprint density at radius 2 is 1.86 bits per heavy atom. The summed E-state index contributed by atoms with van der Waals surface area (Å²) in [4.78, 5) is 23.7. The van der Waals surface area contributed by atoms with Crippen LogP contribution in [0.5, 0.6) is 5.75 Å². The third-order valence-corrected chi connectivity index (χ3v) is 3.82. The van der Waals surface area contributed by atoms with Crippen LogP contribution in [-0.2, 0) is 9.59 Å². The Kier molecular flexibility index (Phi) is 5.76. The second-order valence-electron chi connectivity index (χ2n) is 5.21. The molecule has 0 bridgehead atoms. The van der Waals surface area contributed by atoms with Gasteiger partial charge in [0.1, 0.15) is 11.3 Å². The average Bonchev–Trinajstić information content (AvgIpc) is 2.48. The first-order chi connectivity index (χ1) is 9.87. The highest BCUT2D eigenvalue weighted by Gasteiger charge is 2.34. The topological polar surface area (TPSA) is 75.6 Å². The van der Waals surface area contributed by atoms with Crippen LogP contribution in [0.4, 0.5) is 0 Å². The summed E-state index contributed by atoms with van der Waals surface area (Å²) in [7, 11) is 1.58. The quantitative estimate of drug-likeness (QED) is 0.810. The van der Waals surface area contributed by atoms with Gasteiger partial charge in [0.25, 0.3) is 0 Å². The maximum absolute atomic E-state index is 12.4. The molecule has 0 aromatic heterocycles. The molecule has 2 unspecified atom stereocenters. The second kappa shape index (κ2) is 7.11. The molecule has 1 amide bonds. The summed E-state index contributed by atoms with van der Waals surface area (Å²) in [6.07, 6.45) is 0.921. The molecular weight excluding hydrogens is 270 g/mol. The van der Waals surface area contributed by atoms with E-state index in [0.717, 1.165) is 11.3 Å². The van der Waals surface area contributed by atoms with Crippen molar-refractivity contribution in [3.63, 3.8) is 0 Å². The van der Waals surface area contributed by atoms with Crippen LogP contribution in [0, 0.1) is 0 Å². The molecule has 5 heteroatoms. The molecule has 1 rings (SSSR count). The molecule has 0 aliphatic heterocycles. The first-order valence-electron chi connectivity index (χ1n) is 7.07. The smallest absolute Gasteiger partial charge is 0.329 e. The van der Waals surface area contributed by atoms with Crippen LogP contribution >= 0.6 is 0 Å². The zero-order valence-electron chi connectivity index (χ0n) is 13.0. The normalized spacial score (nSPS) is 14.9. The number of rotatable bonds is 7.